The first-order valence-electron chi connectivity index (χ1n) is 20.8. The molecule has 0 bridgehead atoms. The molecule has 2 saturated heterocycles. The zero-order valence-corrected chi connectivity index (χ0v) is 33.0. The maximum Gasteiger partial charge on any atom is 0.303 e. The SMILES string of the molecule is CCN[C@H](COC1CC([C@@H]2O[C@@H](CCC3CCC(O)C(OCNC[C@H](C)O)C3)C[C@H](O)[C@@H]2CCO)CC(OC)C1O)[C@H](CC(=O)O)CC1CCNC(N)C1. The molecule has 54 heavy (non-hydrogen) atoms. The Morgan fingerprint density at radius 1 is 0.963 bits per heavy atom. The molecule has 0 radical (unpaired) electrons. The van der Waals surface area contributed by atoms with Gasteiger partial charge in [-0.1, -0.05) is 6.92 Å². The molecule has 16 atom stereocenters. The fraction of sp³-hybridized carbons (Fsp3) is 0.974. The van der Waals surface area contributed by atoms with Gasteiger partial charge in [-0.25, -0.2) is 0 Å². The van der Waals surface area contributed by atoms with Crippen molar-refractivity contribution in [1.29, 1.82) is 0 Å². The van der Waals surface area contributed by atoms with E-state index in [0.717, 1.165) is 45.1 Å². The predicted molar refractivity (Wildman–Crippen MR) is 202 cm³/mol. The number of carboxylic acids is 1. The van der Waals surface area contributed by atoms with Crippen LogP contribution in [0.3, 0.4) is 0 Å². The molecule has 0 spiro atoms. The van der Waals surface area contributed by atoms with Gasteiger partial charge >= 0.3 is 5.97 Å². The Morgan fingerprint density at radius 2 is 1.74 bits per heavy atom. The van der Waals surface area contributed by atoms with Crippen molar-refractivity contribution in [1.82, 2.24) is 16.0 Å². The van der Waals surface area contributed by atoms with Crippen LogP contribution >= 0.6 is 0 Å². The summed E-state index contributed by atoms with van der Waals surface area (Å²) in [5.41, 5.74) is 6.17. The molecule has 4 aliphatic rings. The first-order chi connectivity index (χ1) is 25.9. The Bertz CT molecular complexity index is 1060. The van der Waals surface area contributed by atoms with Gasteiger partial charge in [0, 0.05) is 38.6 Å². The molecule has 15 nitrogen and oxygen atoms in total. The van der Waals surface area contributed by atoms with Crippen LogP contribution in [-0.2, 0) is 23.7 Å². The number of aliphatic carboxylic acids is 1. The molecule has 4 fully saturated rings. The van der Waals surface area contributed by atoms with Crippen LogP contribution in [0, 0.1) is 29.6 Å². The van der Waals surface area contributed by atoms with Gasteiger partial charge in [0.1, 0.15) is 6.10 Å². The molecular weight excluding hydrogens is 700 g/mol. The van der Waals surface area contributed by atoms with E-state index in [-0.39, 0.29) is 74.6 Å². The highest BCUT2D eigenvalue weighted by Crippen LogP contribution is 2.42. The van der Waals surface area contributed by atoms with Crippen molar-refractivity contribution in [3.05, 3.63) is 0 Å². The average molecular weight is 775 g/mol. The molecule has 15 heteroatoms. The van der Waals surface area contributed by atoms with E-state index in [2.05, 4.69) is 16.0 Å². The summed E-state index contributed by atoms with van der Waals surface area (Å²) < 4.78 is 25.1. The molecule has 0 amide bonds. The molecule has 9 unspecified atom stereocenters. The third-order valence-corrected chi connectivity index (χ3v) is 12.6. The molecule has 2 saturated carbocycles. The van der Waals surface area contributed by atoms with Crippen LogP contribution in [0.15, 0.2) is 0 Å². The van der Waals surface area contributed by atoms with Gasteiger partial charge < -0.3 is 66.0 Å². The van der Waals surface area contributed by atoms with E-state index in [1.165, 1.54) is 0 Å². The average Bonchev–Trinajstić information content (AvgIpc) is 3.13. The molecule has 0 aromatic heterocycles. The smallest absolute Gasteiger partial charge is 0.303 e. The van der Waals surface area contributed by atoms with Gasteiger partial charge in [0.25, 0.3) is 0 Å². The first-order valence-corrected chi connectivity index (χ1v) is 20.8. The maximum atomic E-state index is 12.0. The normalized spacial score (nSPS) is 38.1. The number of likely N-dealkylation sites (N-methyl/N-ethyl adjacent to an activating group) is 1. The number of aliphatic hydroxyl groups excluding tert-OH is 5. The maximum absolute atomic E-state index is 12.0. The highest BCUT2D eigenvalue weighted by molar-refractivity contribution is 5.67. The van der Waals surface area contributed by atoms with Crippen molar-refractivity contribution in [3.63, 3.8) is 0 Å². The topological polar surface area (TPSA) is 237 Å². The van der Waals surface area contributed by atoms with Crippen molar-refractivity contribution < 1.29 is 54.4 Å². The summed E-state index contributed by atoms with van der Waals surface area (Å²) in [5.74, 6) is -0.786. The van der Waals surface area contributed by atoms with Gasteiger partial charge in [0.15, 0.2) is 0 Å². The summed E-state index contributed by atoms with van der Waals surface area (Å²) in [4.78, 5) is 12.0. The van der Waals surface area contributed by atoms with Gasteiger partial charge in [0.05, 0.1) is 68.3 Å². The second kappa shape index (κ2) is 23.4. The molecule has 2 heterocycles. The van der Waals surface area contributed by atoms with Gasteiger partial charge in [-0.2, -0.15) is 0 Å². The largest absolute Gasteiger partial charge is 0.481 e. The number of hydrogen-bond acceptors (Lipinski definition) is 14. The van der Waals surface area contributed by atoms with Gasteiger partial charge in [-0.15, -0.1) is 0 Å². The van der Waals surface area contributed by atoms with E-state index in [4.69, 9.17) is 24.7 Å². The lowest BCUT2D eigenvalue weighted by molar-refractivity contribution is -0.199. The van der Waals surface area contributed by atoms with E-state index in [1.807, 2.05) is 6.92 Å². The van der Waals surface area contributed by atoms with Crippen LogP contribution in [-0.4, -0.2) is 150 Å². The number of aliphatic hydroxyl groups is 5. The van der Waals surface area contributed by atoms with E-state index in [0.29, 0.717) is 63.5 Å². The minimum Gasteiger partial charge on any atom is -0.481 e. The minimum absolute atomic E-state index is 0.00502. The number of nitrogens with one attached hydrogen (secondary N) is 3. The number of hydrogen-bond donors (Lipinski definition) is 10. The summed E-state index contributed by atoms with van der Waals surface area (Å²) in [7, 11) is 1.58. The van der Waals surface area contributed by atoms with Crippen molar-refractivity contribution in [2.45, 2.75) is 164 Å². The van der Waals surface area contributed by atoms with E-state index in [9.17, 15) is 35.4 Å². The number of carboxylic acid groups (broad SMARTS) is 1. The number of piperidine rings is 1. The second-order valence-corrected chi connectivity index (χ2v) is 16.8. The lowest BCUT2D eigenvalue weighted by Crippen LogP contribution is -2.55. The fourth-order valence-corrected chi connectivity index (χ4v) is 9.71. The fourth-order valence-electron chi connectivity index (χ4n) is 9.71. The third kappa shape index (κ3) is 14.1. The minimum atomic E-state index is -0.895. The number of methoxy groups -OCH3 is 1. The van der Waals surface area contributed by atoms with Crippen molar-refractivity contribution in [2.24, 2.45) is 35.3 Å². The zero-order chi connectivity index (χ0) is 39.2. The van der Waals surface area contributed by atoms with Crippen molar-refractivity contribution in [3.8, 4) is 0 Å². The summed E-state index contributed by atoms with van der Waals surface area (Å²) in [6.45, 7) is 5.97. The van der Waals surface area contributed by atoms with Crippen LogP contribution in [0.25, 0.3) is 0 Å². The Morgan fingerprint density at radius 3 is 2.43 bits per heavy atom. The third-order valence-electron chi connectivity index (χ3n) is 12.6. The van der Waals surface area contributed by atoms with Gasteiger partial charge in [0.2, 0.25) is 0 Å². The van der Waals surface area contributed by atoms with Crippen LogP contribution in [0.2, 0.25) is 0 Å². The number of carbonyl (C=O) groups is 1. The quantitative estimate of drug-likeness (QED) is 0.0538. The summed E-state index contributed by atoms with van der Waals surface area (Å²) in [6, 6.07) is -0.239. The molecule has 11 N–H and O–H groups in total. The summed E-state index contributed by atoms with van der Waals surface area (Å²) >= 11 is 0. The van der Waals surface area contributed by atoms with E-state index >= 15 is 0 Å². The molecular formula is C39H74N4O11. The highest BCUT2D eigenvalue weighted by atomic mass is 16.5. The van der Waals surface area contributed by atoms with Gasteiger partial charge in [-0.05, 0) is 121 Å². The molecule has 0 aromatic carbocycles. The molecule has 316 valence electrons. The van der Waals surface area contributed by atoms with Crippen LogP contribution in [0.1, 0.15) is 97.3 Å². The van der Waals surface area contributed by atoms with E-state index in [1.54, 1.807) is 14.0 Å². The highest BCUT2D eigenvalue weighted by Gasteiger charge is 2.47. The van der Waals surface area contributed by atoms with E-state index < -0.39 is 42.6 Å². The van der Waals surface area contributed by atoms with Crippen molar-refractivity contribution >= 4 is 5.97 Å². The number of ether oxygens (including phenoxy) is 4. The number of nitrogens with two attached hydrogens (primary N) is 1. The van der Waals surface area contributed by atoms with Gasteiger partial charge in [-0.3, -0.25) is 10.1 Å². The van der Waals surface area contributed by atoms with Crippen LogP contribution in [0.5, 0.6) is 0 Å². The van der Waals surface area contributed by atoms with Crippen LogP contribution < -0.4 is 21.7 Å². The van der Waals surface area contributed by atoms with Crippen LogP contribution in [0.4, 0.5) is 0 Å². The Balaban J connectivity index is 1.40. The Labute approximate surface area is 322 Å². The van der Waals surface area contributed by atoms with Crippen molar-refractivity contribution in [2.75, 3.05) is 46.7 Å². The monoisotopic (exact) mass is 775 g/mol. The standard InChI is InChI=1S/C39H74N4O11/c1-4-42-30(26(18-37(48)49)13-25-9-11-43-36(40)15-25)21-52-35-17-27(16-34(51-3)38(35)50)39-29(10-12-44)32(47)19-28(54-39)7-5-24-6-8-31(46)33(14-24)53-22-41-20-23(2)45/h23-36,38-39,41-47,50H,4-22,40H2,1-3H3,(H,48,49)/t23-,24?,25?,26-,27?,28-,29-,30+,31?,32-,33?,34?,35?,36?,38?,39-/m0/s1. The molecule has 2 aliphatic heterocycles. The second-order valence-electron chi connectivity index (χ2n) is 16.8. The molecule has 4 rings (SSSR count). The summed E-state index contributed by atoms with van der Waals surface area (Å²) in [6.07, 6.45) is 3.57. The lowest BCUT2D eigenvalue weighted by Gasteiger charge is -2.48. The summed E-state index contributed by atoms with van der Waals surface area (Å²) in [5, 5.41) is 72.6. The molecule has 0 aromatic rings. The Kier molecular flexibility index (Phi) is 19.8. The predicted octanol–water partition coefficient (Wildman–Crippen LogP) is 0.672. The number of rotatable bonds is 22. The first kappa shape index (κ1) is 45.6. The zero-order valence-electron chi connectivity index (χ0n) is 33.0. The Hall–Kier alpha value is -1.05. The molecule has 2 aliphatic carbocycles. The lowest BCUT2D eigenvalue weighted by atomic mass is 9.72.